The second-order valence-electron chi connectivity index (χ2n) is 8.04. The highest BCUT2D eigenvalue weighted by Gasteiger charge is 2.52. The number of nitrogens with one attached hydrogen (secondary N) is 1. The van der Waals surface area contributed by atoms with E-state index in [9.17, 15) is 5.11 Å². The van der Waals surface area contributed by atoms with Crippen molar-refractivity contribution in [3.63, 3.8) is 0 Å². The van der Waals surface area contributed by atoms with Crippen LogP contribution in [0.3, 0.4) is 0 Å². The fourth-order valence-corrected chi connectivity index (χ4v) is 4.83. The first kappa shape index (κ1) is 19.8. The molecule has 3 saturated heterocycles. The number of furan rings is 1. The maximum Gasteiger partial charge on any atom is 0.176 e. The van der Waals surface area contributed by atoms with E-state index in [1.807, 2.05) is 30.3 Å². The van der Waals surface area contributed by atoms with Gasteiger partial charge in [-0.05, 0) is 24.3 Å². The van der Waals surface area contributed by atoms with E-state index in [1.54, 1.807) is 13.4 Å². The SMILES string of the molecule is COc1ccccc1N1CCN(C2C3OCC(O3)C(NCc3ccco3)C2O)CC1. The Morgan fingerprint density at radius 1 is 1.13 bits per heavy atom. The van der Waals surface area contributed by atoms with Gasteiger partial charge in [0.05, 0.1) is 50.4 Å². The molecule has 2 N–H and O–H groups in total. The molecule has 0 aliphatic carbocycles. The van der Waals surface area contributed by atoms with Gasteiger partial charge in [0.25, 0.3) is 0 Å². The number of methoxy groups -OCH3 is 1. The van der Waals surface area contributed by atoms with Gasteiger partial charge < -0.3 is 34.0 Å². The van der Waals surface area contributed by atoms with E-state index >= 15 is 0 Å². The van der Waals surface area contributed by atoms with Crippen LogP contribution < -0.4 is 15.0 Å². The number of hydrogen-bond acceptors (Lipinski definition) is 8. The van der Waals surface area contributed by atoms with Gasteiger partial charge in [0.1, 0.15) is 17.6 Å². The van der Waals surface area contributed by atoms with Crippen LogP contribution >= 0.6 is 0 Å². The minimum absolute atomic E-state index is 0.147. The average Bonchev–Trinajstić information content (AvgIpc) is 3.45. The summed E-state index contributed by atoms with van der Waals surface area (Å²) in [6, 6.07) is 11.5. The summed E-state index contributed by atoms with van der Waals surface area (Å²) in [6.07, 6.45) is 0.545. The molecule has 5 unspecified atom stereocenters. The first-order valence-electron chi connectivity index (χ1n) is 10.6. The topological polar surface area (TPSA) is 79.6 Å². The van der Waals surface area contributed by atoms with Gasteiger partial charge in [0.15, 0.2) is 6.29 Å². The van der Waals surface area contributed by atoms with Gasteiger partial charge in [-0.3, -0.25) is 4.90 Å². The number of anilines is 1. The lowest BCUT2D eigenvalue weighted by molar-refractivity contribution is -0.183. The second kappa shape index (κ2) is 8.56. The van der Waals surface area contributed by atoms with Crippen molar-refractivity contribution in [1.29, 1.82) is 0 Å². The molecule has 4 heterocycles. The zero-order chi connectivity index (χ0) is 20.5. The van der Waals surface area contributed by atoms with Crippen LogP contribution in [-0.4, -0.2) is 80.5 Å². The number of piperazine rings is 1. The molecular formula is C22H29N3O5. The Labute approximate surface area is 176 Å². The Hall–Kier alpha value is -2.10. The fraction of sp³-hybridized carbons (Fsp3) is 0.545. The Morgan fingerprint density at radius 3 is 2.73 bits per heavy atom. The summed E-state index contributed by atoms with van der Waals surface area (Å²) in [5, 5.41) is 14.6. The van der Waals surface area contributed by atoms with Crippen LogP contribution in [-0.2, 0) is 16.0 Å². The number of hydrogen-bond donors (Lipinski definition) is 2. The molecule has 0 radical (unpaired) electrons. The van der Waals surface area contributed by atoms with Crippen molar-refractivity contribution in [3.8, 4) is 5.75 Å². The van der Waals surface area contributed by atoms with Gasteiger partial charge in [-0.1, -0.05) is 12.1 Å². The van der Waals surface area contributed by atoms with Crippen molar-refractivity contribution in [2.24, 2.45) is 0 Å². The third-order valence-electron chi connectivity index (χ3n) is 6.38. The molecular weight excluding hydrogens is 386 g/mol. The van der Waals surface area contributed by atoms with Gasteiger partial charge in [-0.25, -0.2) is 0 Å². The second-order valence-corrected chi connectivity index (χ2v) is 8.04. The molecule has 3 aliphatic heterocycles. The molecule has 1 aromatic carbocycles. The van der Waals surface area contributed by atoms with Crippen LogP contribution in [0.5, 0.6) is 5.75 Å². The third kappa shape index (κ3) is 3.70. The first-order chi connectivity index (χ1) is 14.7. The highest BCUT2D eigenvalue weighted by atomic mass is 16.7. The van der Waals surface area contributed by atoms with Crippen LogP contribution in [0.1, 0.15) is 5.76 Å². The Kier molecular flexibility index (Phi) is 5.66. The first-order valence-corrected chi connectivity index (χ1v) is 10.6. The Morgan fingerprint density at radius 2 is 1.97 bits per heavy atom. The highest BCUT2D eigenvalue weighted by molar-refractivity contribution is 5.58. The number of benzene rings is 1. The molecule has 2 bridgehead atoms. The summed E-state index contributed by atoms with van der Waals surface area (Å²) >= 11 is 0. The molecule has 162 valence electrons. The molecule has 5 rings (SSSR count). The van der Waals surface area contributed by atoms with E-state index in [4.69, 9.17) is 18.6 Å². The molecule has 0 spiro atoms. The van der Waals surface area contributed by atoms with Crippen LogP contribution in [0.25, 0.3) is 0 Å². The normalized spacial score (nSPS) is 31.8. The van der Waals surface area contributed by atoms with Gasteiger partial charge in [-0.15, -0.1) is 0 Å². The highest BCUT2D eigenvalue weighted by Crippen LogP contribution is 2.33. The molecule has 3 fully saturated rings. The van der Waals surface area contributed by atoms with Gasteiger partial charge in [-0.2, -0.15) is 0 Å². The maximum absolute atomic E-state index is 11.2. The zero-order valence-corrected chi connectivity index (χ0v) is 17.1. The average molecular weight is 415 g/mol. The number of nitrogens with zero attached hydrogens (tertiary/aromatic N) is 2. The zero-order valence-electron chi connectivity index (χ0n) is 17.1. The van der Waals surface area contributed by atoms with Crippen molar-refractivity contribution in [3.05, 3.63) is 48.4 Å². The van der Waals surface area contributed by atoms with Gasteiger partial charge >= 0.3 is 0 Å². The quantitative estimate of drug-likeness (QED) is 0.725. The molecule has 5 atom stereocenters. The number of ether oxygens (including phenoxy) is 3. The van der Waals surface area contributed by atoms with Crippen molar-refractivity contribution in [1.82, 2.24) is 10.2 Å². The predicted octanol–water partition coefficient (Wildman–Crippen LogP) is 1.05. The number of aliphatic hydroxyl groups excluding tert-OH is 1. The third-order valence-corrected chi connectivity index (χ3v) is 6.38. The van der Waals surface area contributed by atoms with Crippen molar-refractivity contribution in [2.75, 3.05) is 44.8 Å². The summed E-state index contributed by atoms with van der Waals surface area (Å²) in [5.41, 5.74) is 1.11. The van der Waals surface area contributed by atoms with E-state index in [0.717, 1.165) is 43.4 Å². The van der Waals surface area contributed by atoms with E-state index < -0.39 is 6.10 Å². The Bertz CT molecular complexity index is 824. The number of fused-ring (bicyclic) bond motifs is 2. The van der Waals surface area contributed by atoms with Crippen molar-refractivity contribution >= 4 is 5.69 Å². The molecule has 1 aromatic heterocycles. The summed E-state index contributed by atoms with van der Waals surface area (Å²) < 4.78 is 23.0. The molecule has 2 aromatic rings. The van der Waals surface area contributed by atoms with Gasteiger partial charge in [0.2, 0.25) is 0 Å². The Balaban J connectivity index is 1.25. The van der Waals surface area contributed by atoms with E-state index in [1.165, 1.54) is 0 Å². The molecule has 8 nitrogen and oxygen atoms in total. The summed E-state index contributed by atoms with van der Waals surface area (Å²) in [5.74, 6) is 1.72. The molecule has 0 amide bonds. The molecule has 0 saturated carbocycles. The summed E-state index contributed by atoms with van der Waals surface area (Å²) in [4.78, 5) is 4.63. The van der Waals surface area contributed by atoms with E-state index in [0.29, 0.717) is 13.2 Å². The molecule has 30 heavy (non-hydrogen) atoms. The minimum Gasteiger partial charge on any atom is -0.495 e. The fourth-order valence-electron chi connectivity index (χ4n) is 4.83. The number of aliphatic hydroxyl groups is 1. The van der Waals surface area contributed by atoms with Gasteiger partial charge in [0, 0.05) is 26.2 Å². The summed E-state index contributed by atoms with van der Waals surface area (Å²) in [6.45, 7) is 4.38. The number of rotatable bonds is 6. The standard InChI is InChI=1S/C22H29N3O5/c1-27-17-7-3-2-6-16(17)24-8-10-25(11-9-24)20-21(26)19(18-14-29-22(20)30-18)23-13-15-5-4-12-28-15/h2-7,12,18-23,26H,8-11,13-14H2,1H3. The lowest BCUT2D eigenvalue weighted by atomic mass is 9.94. The van der Waals surface area contributed by atoms with E-state index in [2.05, 4.69) is 21.2 Å². The van der Waals surface area contributed by atoms with Crippen LogP contribution in [0.15, 0.2) is 47.1 Å². The smallest absolute Gasteiger partial charge is 0.176 e. The van der Waals surface area contributed by atoms with Crippen LogP contribution in [0, 0.1) is 0 Å². The van der Waals surface area contributed by atoms with Crippen LogP contribution in [0.4, 0.5) is 5.69 Å². The number of para-hydroxylation sites is 2. The summed E-state index contributed by atoms with van der Waals surface area (Å²) in [7, 11) is 1.70. The lowest BCUT2D eigenvalue weighted by Gasteiger charge is -2.47. The predicted molar refractivity (Wildman–Crippen MR) is 111 cm³/mol. The molecule has 3 aliphatic rings. The largest absolute Gasteiger partial charge is 0.495 e. The minimum atomic E-state index is -0.580. The van der Waals surface area contributed by atoms with Crippen LogP contribution in [0.2, 0.25) is 0 Å². The van der Waals surface area contributed by atoms with Crippen molar-refractivity contribution < 1.29 is 23.7 Å². The van der Waals surface area contributed by atoms with E-state index in [-0.39, 0.29) is 24.5 Å². The van der Waals surface area contributed by atoms with Crippen molar-refractivity contribution in [2.45, 2.75) is 37.1 Å². The maximum atomic E-state index is 11.2. The lowest BCUT2D eigenvalue weighted by Crippen LogP contribution is -2.66. The monoisotopic (exact) mass is 415 g/mol. The molecule has 8 heteroatoms.